The van der Waals surface area contributed by atoms with Crippen molar-refractivity contribution >= 4 is 5.91 Å². The molecule has 2 N–H and O–H groups in total. The summed E-state index contributed by atoms with van der Waals surface area (Å²) in [4.78, 5) is 11.7. The number of aromatic amines is 1. The van der Waals surface area contributed by atoms with E-state index in [4.69, 9.17) is 4.74 Å². The van der Waals surface area contributed by atoms with Gasteiger partial charge in [0.05, 0.1) is 7.11 Å². The summed E-state index contributed by atoms with van der Waals surface area (Å²) in [5.41, 5.74) is 1.12. The highest BCUT2D eigenvalue weighted by Gasteiger charge is 2.03. The van der Waals surface area contributed by atoms with E-state index < -0.39 is 0 Å². The number of rotatable bonds is 8. The molecule has 1 aromatic heterocycles. The van der Waals surface area contributed by atoms with E-state index in [0.29, 0.717) is 25.2 Å². The number of nitrogens with zero attached hydrogens (tertiary/aromatic N) is 3. The molecule has 7 nitrogen and oxygen atoms in total. The molecule has 0 aliphatic carbocycles. The smallest absolute Gasteiger partial charge is 0.220 e. The number of methoxy groups -OCH3 is 1. The first kappa shape index (κ1) is 15.0. The minimum Gasteiger partial charge on any atom is -0.497 e. The van der Waals surface area contributed by atoms with Gasteiger partial charge in [0.25, 0.3) is 0 Å². The molecular weight excluding hydrogens is 270 g/mol. The Kier molecular flexibility index (Phi) is 5.69. The first-order chi connectivity index (χ1) is 10.3. The van der Waals surface area contributed by atoms with Crippen LogP contribution in [0.5, 0.6) is 5.75 Å². The molecule has 0 aliphatic heterocycles. The van der Waals surface area contributed by atoms with Crippen LogP contribution < -0.4 is 10.1 Å². The Labute approximate surface area is 123 Å². The third kappa shape index (κ3) is 5.21. The van der Waals surface area contributed by atoms with Crippen molar-refractivity contribution in [3.05, 3.63) is 35.7 Å². The first-order valence-corrected chi connectivity index (χ1v) is 6.90. The van der Waals surface area contributed by atoms with E-state index in [1.54, 1.807) is 7.11 Å². The maximum absolute atomic E-state index is 11.7. The number of hydrogen-bond acceptors (Lipinski definition) is 5. The van der Waals surface area contributed by atoms with E-state index in [-0.39, 0.29) is 5.91 Å². The quantitative estimate of drug-likeness (QED) is 0.704. The minimum atomic E-state index is 0.0546. The molecule has 0 aliphatic rings. The minimum absolute atomic E-state index is 0.0546. The van der Waals surface area contributed by atoms with Crippen LogP contribution in [0.15, 0.2) is 24.3 Å². The zero-order valence-electron chi connectivity index (χ0n) is 12.0. The van der Waals surface area contributed by atoms with Crippen molar-refractivity contribution in [2.45, 2.75) is 25.7 Å². The zero-order chi connectivity index (χ0) is 14.9. The monoisotopic (exact) mass is 289 g/mol. The van der Waals surface area contributed by atoms with Gasteiger partial charge in [0, 0.05) is 19.4 Å². The number of benzene rings is 1. The van der Waals surface area contributed by atoms with Gasteiger partial charge < -0.3 is 10.1 Å². The highest BCUT2D eigenvalue weighted by atomic mass is 16.5. The number of aryl methyl sites for hydroxylation is 2. The van der Waals surface area contributed by atoms with Crippen molar-refractivity contribution in [2.24, 2.45) is 0 Å². The summed E-state index contributed by atoms with van der Waals surface area (Å²) >= 11 is 0. The average Bonchev–Trinajstić information content (AvgIpc) is 3.03. The summed E-state index contributed by atoms with van der Waals surface area (Å²) in [5.74, 6) is 1.55. The zero-order valence-corrected chi connectivity index (χ0v) is 12.0. The second-order valence-electron chi connectivity index (χ2n) is 4.63. The molecule has 0 unspecified atom stereocenters. The van der Waals surface area contributed by atoms with Gasteiger partial charge in [-0.15, -0.1) is 10.2 Å². The second kappa shape index (κ2) is 7.98. The van der Waals surface area contributed by atoms with Gasteiger partial charge in [0.15, 0.2) is 5.82 Å². The van der Waals surface area contributed by atoms with Gasteiger partial charge in [0.1, 0.15) is 5.75 Å². The van der Waals surface area contributed by atoms with Crippen LogP contribution in [-0.4, -0.2) is 40.2 Å². The normalized spacial score (nSPS) is 10.3. The van der Waals surface area contributed by atoms with Crippen molar-refractivity contribution < 1.29 is 9.53 Å². The fraction of sp³-hybridized carbons (Fsp3) is 0.429. The number of tetrazole rings is 1. The molecular formula is C14H19N5O2. The molecule has 21 heavy (non-hydrogen) atoms. The topological polar surface area (TPSA) is 92.8 Å². The first-order valence-electron chi connectivity index (χ1n) is 6.90. The highest BCUT2D eigenvalue weighted by Crippen LogP contribution is 2.12. The fourth-order valence-electron chi connectivity index (χ4n) is 1.90. The summed E-state index contributed by atoms with van der Waals surface area (Å²) in [5, 5.41) is 16.5. The van der Waals surface area contributed by atoms with Gasteiger partial charge in [-0.3, -0.25) is 4.79 Å². The molecule has 0 bridgehead atoms. The van der Waals surface area contributed by atoms with E-state index in [0.717, 1.165) is 24.2 Å². The van der Waals surface area contributed by atoms with Crippen LogP contribution in [0.4, 0.5) is 0 Å². The largest absolute Gasteiger partial charge is 0.497 e. The molecule has 7 heteroatoms. The lowest BCUT2D eigenvalue weighted by Crippen LogP contribution is -2.25. The predicted molar refractivity (Wildman–Crippen MR) is 76.8 cm³/mol. The van der Waals surface area contributed by atoms with E-state index in [9.17, 15) is 4.79 Å². The van der Waals surface area contributed by atoms with Gasteiger partial charge in [-0.05, 0) is 30.5 Å². The number of amides is 1. The van der Waals surface area contributed by atoms with E-state index in [1.165, 1.54) is 0 Å². The number of ether oxygens (including phenoxy) is 1. The van der Waals surface area contributed by atoms with Crippen LogP contribution in [0.1, 0.15) is 24.2 Å². The summed E-state index contributed by atoms with van der Waals surface area (Å²) in [6, 6.07) is 7.75. The van der Waals surface area contributed by atoms with Gasteiger partial charge >= 0.3 is 0 Å². The molecule has 1 aromatic carbocycles. The number of nitrogens with one attached hydrogen (secondary N) is 2. The van der Waals surface area contributed by atoms with Crippen molar-refractivity contribution in [1.29, 1.82) is 0 Å². The van der Waals surface area contributed by atoms with Crippen LogP contribution in [0.3, 0.4) is 0 Å². The van der Waals surface area contributed by atoms with Crippen molar-refractivity contribution in [3.8, 4) is 5.75 Å². The second-order valence-corrected chi connectivity index (χ2v) is 4.63. The predicted octanol–water partition coefficient (Wildman–Crippen LogP) is 0.890. The maximum atomic E-state index is 11.7. The molecule has 2 rings (SSSR count). The Bertz CT molecular complexity index is 539. The van der Waals surface area contributed by atoms with Crippen molar-refractivity contribution in [1.82, 2.24) is 25.9 Å². The lowest BCUT2D eigenvalue weighted by atomic mass is 10.1. The van der Waals surface area contributed by atoms with Crippen LogP contribution in [-0.2, 0) is 17.6 Å². The van der Waals surface area contributed by atoms with E-state index in [2.05, 4.69) is 25.9 Å². The lowest BCUT2D eigenvalue weighted by Gasteiger charge is -2.05. The van der Waals surface area contributed by atoms with E-state index >= 15 is 0 Å². The van der Waals surface area contributed by atoms with Gasteiger partial charge in [-0.1, -0.05) is 17.3 Å². The number of aromatic nitrogens is 4. The van der Waals surface area contributed by atoms with Crippen LogP contribution in [0.25, 0.3) is 0 Å². The maximum Gasteiger partial charge on any atom is 0.220 e. The Morgan fingerprint density at radius 2 is 2.10 bits per heavy atom. The highest BCUT2D eigenvalue weighted by molar-refractivity contribution is 5.76. The summed E-state index contributed by atoms with van der Waals surface area (Å²) in [7, 11) is 1.64. The summed E-state index contributed by atoms with van der Waals surface area (Å²) in [6.07, 6.45) is 2.71. The lowest BCUT2D eigenvalue weighted by molar-refractivity contribution is -0.121. The Morgan fingerprint density at radius 3 is 2.76 bits per heavy atom. The van der Waals surface area contributed by atoms with E-state index in [1.807, 2.05) is 24.3 Å². The summed E-state index contributed by atoms with van der Waals surface area (Å²) < 4.78 is 5.09. The molecule has 0 atom stereocenters. The van der Waals surface area contributed by atoms with Crippen LogP contribution in [0.2, 0.25) is 0 Å². The third-order valence-corrected chi connectivity index (χ3v) is 3.09. The Balaban J connectivity index is 1.60. The number of carbonyl (C=O) groups excluding carboxylic acids is 1. The molecule has 0 fully saturated rings. The fourth-order valence-corrected chi connectivity index (χ4v) is 1.90. The molecule has 0 radical (unpaired) electrons. The molecule has 1 heterocycles. The van der Waals surface area contributed by atoms with Gasteiger partial charge in [0.2, 0.25) is 5.91 Å². The van der Waals surface area contributed by atoms with Crippen molar-refractivity contribution in [3.63, 3.8) is 0 Å². The van der Waals surface area contributed by atoms with Gasteiger partial charge in [-0.25, -0.2) is 0 Å². The molecule has 0 saturated carbocycles. The van der Waals surface area contributed by atoms with Crippen LogP contribution in [0, 0.1) is 0 Å². The molecule has 2 aromatic rings. The van der Waals surface area contributed by atoms with Gasteiger partial charge in [-0.2, -0.15) is 5.21 Å². The SMILES string of the molecule is COc1ccc(CCC(=O)NCCCc2nn[nH]n2)cc1. The average molecular weight is 289 g/mol. The number of hydrogen-bond donors (Lipinski definition) is 2. The van der Waals surface area contributed by atoms with Crippen LogP contribution >= 0.6 is 0 Å². The molecule has 112 valence electrons. The summed E-state index contributed by atoms with van der Waals surface area (Å²) in [6.45, 7) is 0.621. The number of carbonyl (C=O) groups is 1. The standard InChI is InChI=1S/C14H19N5O2/c1-21-12-7-4-11(5-8-12)6-9-14(20)15-10-2-3-13-16-18-19-17-13/h4-5,7-8H,2-3,6,9-10H2,1H3,(H,15,20)(H,16,17,18,19). The van der Waals surface area contributed by atoms with Crippen molar-refractivity contribution in [2.75, 3.05) is 13.7 Å². The Morgan fingerprint density at radius 1 is 1.29 bits per heavy atom. The molecule has 1 amide bonds. The Hall–Kier alpha value is -2.44. The third-order valence-electron chi connectivity index (χ3n) is 3.09. The molecule has 0 spiro atoms. The number of H-pyrrole nitrogens is 1. The molecule has 0 saturated heterocycles.